The van der Waals surface area contributed by atoms with Gasteiger partial charge in [0.2, 0.25) is 0 Å². The van der Waals surface area contributed by atoms with Crippen LogP contribution in [-0.4, -0.2) is 4.98 Å². The fourth-order valence-electron chi connectivity index (χ4n) is 6.45. The number of pyridine rings is 1. The first-order valence-electron chi connectivity index (χ1n) is 13.8. The highest BCUT2D eigenvalue weighted by Gasteiger charge is 2.37. The summed E-state index contributed by atoms with van der Waals surface area (Å²) >= 11 is 0. The van der Waals surface area contributed by atoms with Crippen molar-refractivity contribution in [2.75, 3.05) is 0 Å². The number of benzene rings is 5. The van der Waals surface area contributed by atoms with Crippen LogP contribution >= 0.6 is 0 Å². The lowest BCUT2D eigenvalue weighted by Gasteiger charge is -2.21. The second-order valence-electron chi connectivity index (χ2n) is 11.2. The minimum absolute atomic E-state index is 0.107. The Morgan fingerprint density at radius 1 is 0.525 bits per heavy atom. The number of hydrogen-bond donors (Lipinski definition) is 0. The third-order valence-corrected chi connectivity index (χ3v) is 8.48. The molecule has 0 fully saturated rings. The highest BCUT2D eigenvalue weighted by molar-refractivity contribution is 6.15. The van der Waals surface area contributed by atoms with E-state index < -0.39 is 0 Å². The summed E-state index contributed by atoms with van der Waals surface area (Å²) < 4.78 is 6.29. The van der Waals surface area contributed by atoms with Crippen molar-refractivity contribution < 1.29 is 4.42 Å². The smallest absolute Gasteiger partial charge is 0.136 e. The molecule has 1 aliphatic carbocycles. The normalized spacial score (nSPS) is 13.4. The molecular weight excluding hydrogens is 486 g/mol. The van der Waals surface area contributed by atoms with Crippen LogP contribution in [-0.2, 0) is 5.41 Å². The number of fused-ring (bicyclic) bond motifs is 7. The maximum absolute atomic E-state index is 6.29. The Kier molecular flexibility index (Phi) is 4.90. The molecule has 2 heterocycles. The van der Waals surface area contributed by atoms with Crippen molar-refractivity contribution in [3.05, 3.63) is 139 Å². The van der Waals surface area contributed by atoms with Crippen LogP contribution in [0.1, 0.15) is 25.0 Å². The van der Waals surface area contributed by atoms with E-state index in [1.807, 2.05) is 12.1 Å². The summed E-state index contributed by atoms with van der Waals surface area (Å²) in [7, 11) is 0. The Bertz CT molecular complexity index is 2010. The predicted molar refractivity (Wildman–Crippen MR) is 165 cm³/mol. The SMILES string of the molecule is CC1(C)c2ccc(-c3cc(-c4ccccc4)cc(-c4ccccc4)n3)cc2-c2c1ccc1oc3ccccc3c21. The zero-order chi connectivity index (χ0) is 26.8. The Morgan fingerprint density at radius 3 is 1.95 bits per heavy atom. The molecule has 0 N–H and O–H groups in total. The van der Waals surface area contributed by atoms with Gasteiger partial charge in [-0.25, -0.2) is 4.98 Å². The molecule has 5 aromatic carbocycles. The zero-order valence-electron chi connectivity index (χ0n) is 22.5. The molecule has 40 heavy (non-hydrogen) atoms. The van der Waals surface area contributed by atoms with Gasteiger partial charge in [0.05, 0.1) is 11.4 Å². The molecule has 0 unspecified atom stereocenters. The van der Waals surface area contributed by atoms with Crippen molar-refractivity contribution in [2.45, 2.75) is 19.3 Å². The van der Waals surface area contributed by atoms with Gasteiger partial charge in [-0.3, -0.25) is 0 Å². The van der Waals surface area contributed by atoms with Gasteiger partial charge in [-0.05, 0) is 63.7 Å². The number of nitrogens with zero attached hydrogens (tertiary/aromatic N) is 1. The Labute approximate surface area is 233 Å². The number of aromatic nitrogens is 1. The summed E-state index contributed by atoms with van der Waals surface area (Å²) in [5.74, 6) is 0. The van der Waals surface area contributed by atoms with E-state index in [0.29, 0.717) is 0 Å². The number of hydrogen-bond acceptors (Lipinski definition) is 2. The summed E-state index contributed by atoms with van der Waals surface area (Å²) in [5, 5.41) is 2.37. The van der Waals surface area contributed by atoms with Gasteiger partial charge in [0, 0.05) is 27.3 Å². The maximum atomic E-state index is 6.29. The summed E-state index contributed by atoms with van der Waals surface area (Å²) in [6, 6.07) is 45.1. The Hall–Kier alpha value is -4.95. The van der Waals surface area contributed by atoms with E-state index in [1.54, 1.807) is 0 Å². The molecule has 8 rings (SSSR count). The lowest BCUT2D eigenvalue weighted by Crippen LogP contribution is -2.14. The molecule has 0 radical (unpaired) electrons. The van der Waals surface area contributed by atoms with Crippen LogP contribution in [0, 0.1) is 0 Å². The molecule has 0 atom stereocenters. The Morgan fingerprint density at radius 2 is 1.18 bits per heavy atom. The number of rotatable bonds is 3. The largest absolute Gasteiger partial charge is 0.456 e. The van der Waals surface area contributed by atoms with Gasteiger partial charge in [-0.2, -0.15) is 0 Å². The third-order valence-electron chi connectivity index (χ3n) is 8.48. The van der Waals surface area contributed by atoms with E-state index in [2.05, 4.69) is 129 Å². The van der Waals surface area contributed by atoms with Crippen molar-refractivity contribution in [2.24, 2.45) is 0 Å². The lowest BCUT2D eigenvalue weighted by molar-refractivity contribution is 0.656. The third kappa shape index (κ3) is 3.39. The summed E-state index contributed by atoms with van der Waals surface area (Å²) in [5.41, 5.74) is 13.5. The van der Waals surface area contributed by atoms with Crippen molar-refractivity contribution in [3.63, 3.8) is 0 Å². The van der Waals surface area contributed by atoms with Crippen LogP contribution in [0.3, 0.4) is 0 Å². The molecule has 0 saturated carbocycles. The van der Waals surface area contributed by atoms with Crippen molar-refractivity contribution >= 4 is 21.9 Å². The first kappa shape index (κ1) is 23.0. The lowest BCUT2D eigenvalue weighted by atomic mass is 9.82. The number of para-hydroxylation sites is 1. The van der Waals surface area contributed by atoms with Crippen LogP contribution in [0.2, 0.25) is 0 Å². The second kappa shape index (κ2) is 8.53. The van der Waals surface area contributed by atoms with Crippen molar-refractivity contribution in [1.82, 2.24) is 4.98 Å². The standard InChI is InChI=1S/C38H27NO/c1-38(2)30-18-17-26(21-29(30)36-31(38)19-20-35-37(36)28-15-9-10-16-34(28)40-35)33-23-27(24-11-5-3-6-12-24)22-32(39-33)25-13-7-4-8-14-25/h3-23H,1-2H3. The van der Waals surface area contributed by atoms with E-state index in [0.717, 1.165) is 39.2 Å². The molecule has 7 aromatic rings. The molecule has 1 aliphatic rings. The van der Waals surface area contributed by atoms with E-state index in [4.69, 9.17) is 9.40 Å². The van der Waals surface area contributed by atoms with Crippen LogP contribution in [0.5, 0.6) is 0 Å². The zero-order valence-corrected chi connectivity index (χ0v) is 22.5. The highest BCUT2D eigenvalue weighted by Crippen LogP contribution is 2.53. The van der Waals surface area contributed by atoms with Crippen LogP contribution < -0.4 is 0 Å². The van der Waals surface area contributed by atoms with E-state index in [-0.39, 0.29) is 5.41 Å². The quantitative estimate of drug-likeness (QED) is 0.235. The average molecular weight is 514 g/mol. The second-order valence-corrected chi connectivity index (χ2v) is 11.2. The maximum Gasteiger partial charge on any atom is 0.136 e. The van der Waals surface area contributed by atoms with Gasteiger partial charge in [-0.15, -0.1) is 0 Å². The molecular formula is C38H27NO. The summed E-state index contributed by atoms with van der Waals surface area (Å²) in [4.78, 5) is 5.20. The van der Waals surface area contributed by atoms with Gasteiger partial charge < -0.3 is 4.42 Å². The highest BCUT2D eigenvalue weighted by atomic mass is 16.3. The van der Waals surface area contributed by atoms with E-state index in [9.17, 15) is 0 Å². The topological polar surface area (TPSA) is 26.0 Å². The fourth-order valence-corrected chi connectivity index (χ4v) is 6.45. The molecule has 0 saturated heterocycles. The van der Waals surface area contributed by atoms with Crippen LogP contribution in [0.4, 0.5) is 0 Å². The minimum atomic E-state index is -0.107. The van der Waals surface area contributed by atoms with Gasteiger partial charge in [0.25, 0.3) is 0 Å². The molecule has 2 heteroatoms. The van der Waals surface area contributed by atoms with Crippen LogP contribution in [0.15, 0.2) is 132 Å². The molecule has 0 amide bonds. The fraction of sp³-hybridized carbons (Fsp3) is 0.0789. The van der Waals surface area contributed by atoms with E-state index in [1.165, 1.54) is 38.6 Å². The molecule has 190 valence electrons. The molecule has 2 nitrogen and oxygen atoms in total. The molecule has 0 bridgehead atoms. The molecule has 0 aliphatic heterocycles. The van der Waals surface area contributed by atoms with Gasteiger partial charge in [-0.1, -0.05) is 111 Å². The average Bonchev–Trinajstić information content (AvgIpc) is 3.50. The molecule has 0 spiro atoms. The van der Waals surface area contributed by atoms with Gasteiger partial charge in [0.15, 0.2) is 0 Å². The van der Waals surface area contributed by atoms with E-state index >= 15 is 0 Å². The summed E-state index contributed by atoms with van der Waals surface area (Å²) in [6.45, 7) is 4.65. The van der Waals surface area contributed by atoms with Crippen molar-refractivity contribution in [3.8, 4) is 44.8 Å². The Balaban J connectivity index is 1.38. The monoisotopic (exact) mass is 513 g/mol. The van der Waals surface area contributed by atoms with Gasteiger partial charge >= 0.3 is 0 Å². The van der Waals surface area contributed by atoms with Gasteiger partial charge in [0.1, 0.15) is 11.2 Å². The van der Waals surface area contributed by atoms with Crippen molar-refractivity contribution in [1.29, 1.82) is 0 Å². The first-order valence-corrected chi connectivity index (χ1v) is 13.8. The van der Waals surface area contributed by atoms with Crippen LogP contribution in [0.25, 0.3) is 66.7 Å². The first-order chi connectivity index (χ1) is 19.6. The summed E-state index contributed by atoms with van der Waals surface area (Å²) in [6.07, 6.45) is 0. The predicted octanol–water partition coefficient (Wildman–Crippen LogP) is 10.3. The minimum Gasteiger partial charge on any atom is -0.456 e. The molecule has 2 aromatic heterocycles. The number of furan rings is 1.